The summed E-state index contributed by atoms with van der Waals surface area (Å²) in [5.74, 6) is 0.135. The van der Waals surface area contributed by atoms with E-state index in [9.17, 15) is 19.2 Å². The number of carbonyl (C=O) groups is 4. The summed E-state index contributed by atoms with van der Waals surface area (Å²) < 4.78 is 21.7. The molecule has 1 aromatic carbocycles. The number of urea groups is 1. The molecule has 0 aromatic heterocycles. The number of ether oxygens (including phenoxy) is 4. The first-order valence-corrected chi connectivity index (χ1v) is 16.1. The number of imide groups is 1. The van der Waals surface area contributed by atoms with Gasteiger partial charge in [-0.1, -0.05) is 72.3 Å². The highest BCUT2D eigenvalue weighted by Gasteiger charge is 2.41. The number of hydrogen-bond donors (Lipinski definition) is 0. The third-order valence-electron chi connectivity index (χ3n) is 8.05. The lowest BCUT2D eigenvalue weighted by Gasteiger charge is -2.18. The van der Waals surface area contributed by atoms with Crippen molar-refractivity contribution in [1.29, 1.82) is 0 Å². The van der Waals surface area contributed by atoms with Gasteiger partial charge in [0, 0.05) is 13.1 Å². The first-order chi connectivity index (χ1) is 21.2. The highest BCUT2D eigenvalue weighted by molar-refractivity contribution is 6.14. The molecule has 2 rings (SSSR count). The van der Waals surface area contributed by atoms with Gasteiger partial charge in [-0.25, -0.2) is 4.79 Å². The molecule has 10 heteroatoms. The Bertz CT molecular complexity index is 1120. The van der Waals surface area contributed by atoms with E-state index in [1.165, 1.54) is 19.1 Å². The average Bonchev–Trinajstić information content (AvgIpc) is 3.25. The molecule has 1 saturated heterocycles. The van der Waals surface area contributed by atoms with Gasteiger partial charge in [-0.05, 0) is 48.4 Å². The maximum atomic E-state index is 13.5. The standard InChI is InChI=1S/C34H52N2O8/c1-7-11-13-25(9-3)23-43-31(37)17-19-35-28(21-27-15-16-29(41-5)30(22-27)42-6)33(39)36(34(35)40)20-18-32(38)44-24-26(10-4)14-12-8-2/h15-16,21-22,25-26H,7-14,17-20,23-24H2,1-6H3. The quantitative estimate of drug-likeness (QED) is 0.0862. The molecule has 10 nitrogen and oxygen atoms in total. The SMILES string of the molecule is CCCCC(CC)COC(=O)CCN1C(=O)C(=Cc2ccc(OC)c(OC)c2)N(CCC(=O)OCC(CC)CCCC)C1=O. The number of benzene rings is 1. The first-order valence-electron chi connectivity index (χ1n) is 16.1. The number of rotatable bonds is 21. The summed E-state index contributed by atoms with van der Waals surface area (Å²) in [6.07, 6.45) is 9.51. The van der Waals surface area contributed by atoms with Crippen LogP contribution in [0.25, 0.3) is 6.08 Å². The van der Waals surface area contributed by atoms with Crippen LogP contribution in [0.4, 0.5) is 4.79 Å². The van der Waals surface area contributed by atoms with Crippen LogP contribution in [-0.4, -0.2) is 74.2 Å². The molecule has 3 amide bonds. The second-order valence-corrected chi connectivity index (χ2v) is 11.2. The van der Waals surface area contributed by atoms with Crippen LogP contribution in [0.1, 0.15) is 97.5 Å². The summed E-state index contributed by atoms with van der Waals surface area (Å²) in [4.78, 5) is 54.5. The summed E-state index contributed by atoms with van der Waals surface area (Å²) in [5, 5.41) is 0. The third-order valence-corrected chi connectivity index (χ3v) is 8.05. The van der Waals surface area contributed by atoms with Gasteiger partial charge in [0.15, 0.2) is 11.5 Å². The Labute approximate surface area is 263 Å². The lowest BCUT2D eigenvalue weighted by molar-refractivity contribution is -0.146. The lowest BCUT2D eigenvalue weighted by Crippen LogP contribution is -2.35. The second-order valence-electron chi connectivity index (χ2n) is 11.2. The van der Waals surface area contributed by atoms with Gasteiger partial charge in [-0.2, -0.15) is 0 Å². The largest absolute Gasteiger partial charge is 0.493 e. The Kier molecular flexibility index (Phi) is 16.4. The fourth-order valence-electron chi connectivity index (χ4n) is 5.01. The van der Waals surface area contributed by atoms with Gasteiger partial charge in [0.1, 0.15) is 5.70 Å². The molecule has 0 spiro atoms. The maximum absolute atomic E-state index is 13.5. The lowest BCUT2D eigenvalue weighted by atomic mass is 10.0. The van der Waals surface area contributed by atoms with Crippen molar-refractivity contribution in [2.75, 3.05) is 40.5 Å². The Morgan fingerprint density at radius 1 is 0.773 bits per heavy atom. The van der Waals surface area contributed by atoms with Crippen molar-refractivity contribution in [2.24, 2.45) is 11.8 Å². The Hall–Kier alpha value is -3.56. The molecular formula is C34H52N2O8. The van der Waals surface area contributed by atoms with E-state index in [4.69, 9.17) is 18.9 Å². The van der Waals surface area contributed by atoms with E-state index in [-0.39, 0.29) is 31.6 Å². The summed E-state index contributed by atoms with van der Waals surface area (Å²) in [6.45, 7) is 8.90. The zero-order valence-electron chi connectivity index (χ0n) is 27.5. The van der Waals surface area contributed by atoms with Gasteiger partial charge < -0.3 is 18.9 Å². The van der Waals surface area contributed by atoms with Gasteiger partial charge in [0.25, 0.3) is 5.91 Å². The van der Waals surface area contributed by atoms with E-state index in [2.05, 4.69) is 27.7 Å². The van der Waals surface area contributed by atoms with E-state index in [1.54, 1.807) is 24.3 Å². The van der Waals surface area contributed by atoms with Crippen LogP contribution in [0.5, 0.6) is 11.5 Å². The van der Waals surface area contributed by atoms with Crippen molar-refractivity contribution in [2.45, 2.75) is 91.9 Å². The molecule has 1 aliphatic heterocycles. The molecule has 0 saturated carbocycles. The number of carbonyl (C=O) groups excluding carboxylic acids is 4. The first kappa shape index (κ1) is 36.6. The number of nitrogens with zero attached hydrogens (tertiary/aromatic N) is 2. The summed E-state index contributed by atoms with van der Waals surface area (Å²) >= 11 is 0. The molecule has 1 aromatic rings. The van der Waals surface area contributed by atoms with E-state index < -0.39 is 23.9 Å². The third kappa shape index (κ3) is 11.2. The number of esters is 2. The van der Waals surface area contributed by atoms with Crippen molar-refractivity contribution in [3.63, 3.8) is 0 Å². The number of amides is 3. The van der Waals surface area contributed by atoms with Crippen LogP contribution in [-0.2, 0) is 23.9 Å². The highest BCUT2D eigenvalue weighted by atomic mass is 16.5. The molecule has 2 unspecified atom stereocenters. The van der Waals surface area contributed by atoms with Gasteiger partial charge in [0.2, 0.25) is 0 Å². The molecule has 1 aliphatic rings. The van der Waals surface area contributed by atoms with E-state index in [1.807, 2.05) is 0 Å². The van der Waals surface area contributed by atoms with Gasteiger partial charge in [-0.3, -0.25) is 24.2 Å². The molecule has 44 heavy (non-hydrogen) atoms. The van der Waals surface area contributed by atoms with Crippen molar-refractivity contribution in [3.8, 4) is 11.5 Å². The van der Waals surface area contributed by atoms with E-state index >= 15 is 0 Å². The van der Waals surface area contributed by atoms with Crippen molar-refractivity contribution >= 4 is 30.0 Å². The fourth-order valence-corrected chi connectivity index (χ4v) is 5.01. The number of hydrogen-bond acceptors (Lipinski definition) is 8. The smallest absolute Gasteiger partial charge is 0.331 e. The summed E-state index contributed by atoms with van der Waals surface area (Å²) in [6, 6.07) is 4.54. The Morgan fingerprint density at radius 3 is 1.77 bits per heavy atom. The monoisotopic (exact) mass is 616 g/mol. The topological polar surface area (TPSA) is 112 Å². The predicted molar refractivity (Wildman–Crippen MR) is 169 cm³/mol. The molecular weight excluding hydrogens is 564 g/mol. The molecule has 0 bridgehead atoms. The second kappa shape index (κ2) is 19.7. The molecule has 246 valence electrons. The number of methoxy groups -OCH3 is 2. The molecule has 2 atom stereocenters. The van der Waals surface area contributed by atoms with Crippen LogP contribution < -0.4 is 9.47 Å². The minimum Gasteiger partial charge on any atom is -0.493 e. The average molecular weight is 617 g/mol. The molecule has 1 heterocycles. The van der Waals surface area contributed by atoms with Gasteiger partial charge in [0.05, 0.1) is 40.3 Å². The Morgan fingerprint density at radius 2 is 1.30 bits per heavy atom. The normalized spacial score (nSPS) is 15.5. The zero-order valence-corrected chi connectivity index (χ0v) is 27.5. The molecule has 0 radical (unpaired) electrons. The van der Waals surface area contributed by atoms with E-state index in [0.717, 1.165) is 56.3 Å². The van der Waals surface area contributed by atoms with Crippen LogP contribution in [0.2, 0.25) is 0 Å². The van der Waals surface area contributed by atoms with Gasteiger partial charge in [-0.15, -0.1) is 0 Å². The minimum absolute atomic E-state index is 0.0369. The summed E-state index contributed by atoms with van der Waals surface area (Å²) in [7, 11) is 3.04. The van der Waals surface area contributed by atoms with Crippen LogP contribution in [0.3, 0.4) is 0 Å². The summed E-state index contributed by atoms with van der Waals surface area (Å²) in [5.41, 5.74) is 0.704. The molecule has 0 aliphatic carbocycles. The maximum Gasteiger partial charge on any atom is 0.331 e. The molecule has 0 N–H and O–H groups in total. The van der Waals surface area contributed by atoms with Crippen LogP contribution in [0, 0.1) is 11.8 Å². The predicted octanol–water partition coefficient (Wildman–Crippen LogP) is 6.61. The molecule has 1 fully saturated rings. The van der Waals surface area contributed by atoms with Gasteiger partial charge >= 0.3 is 18.0 Å². The zero-order chi connectivity index (χ0) is 32.5. The minimum atomic E-state index is -0.592. The fraction of sp³-hybridized carbons (Fsp3) is 0.647. The van der Waals surface area contributed by atoms with E-state index in [0.29, 0.717) is 42.1 Å². The van der Waals surface area contributed by atoms with Crippen molar-refractivity contribution in [3.05, 3.63) is 29.5 Å². The van der Waals surface area contributed by atoms with Crippen molar-refractivity contribution in [1.82, 2.24) is 9.80 Å². The Balaban J connectivity index is 2.16. The highest BCUT2D eigenvalue weighted by Crippen LogP contribution is 2.30. The number of unbranched alkanes of at least 4 members (excludes halogenated alkanes) is 2. The van der Waals surface area contributed by atoms with Crippen LogP contribution >= 0.6 is 0 Å². The van der Waals surface area contributed by atoms with Crippen molar-refractivity contribution < 1.29 is 38.1 Å². The van der Waals surface area contributed by atoms with Crippen LogP contribution in [0.15, 0.2) is 23.9 Å².